The van der Waals surface area contributed by atoms with Crippen LogP contribution < -0.4 is 4.72 Å². The highest BCUT2D eigenvalue weighted by atomic mass is 32.2. The predicted octanol–water partition coefficient (Wildman–Crippen LogP) is 3.07. The maximum absolute atomic E-state index is 11.9. The standard InChI is InChI=1S/C14H23NO2S/c1-3-4-6-9-13(2)15-18(16,17)12-14-10-7-5-8-11-14/h5,7-8,10-11,13,15H,3-4,6,9,12H2,1-2H3/t13-/m0/s1. The molecule has 0 spiro atoms. The van der Waals surface area contributed by atoms with Gasteiger partial charge in [0.15, 0.2) is 0 Å². The molecule has 0 saturated heterocycles. The summed E-state index contributed by atoms with van der Waals surface area (Å²) in [6.07, 6.45) is 4.29. The maximum atomic E-state index is 11.9. The molecular formula is C14H23NO2S. The molecule has 0 aliphatic carbocycles. The summed E-state index contributed by atoms with van der Waals surface area (Å²) in [4.78, 5) is 0. The fourth-order valence-electron chi connectivity index (χ4n) is 1.90. The van der Waals surface area contributed by atoms with Gasteiger partial charge in [-0.3, -0.25) is 0 Å². The molecule has 1 rings (SSSR count). The SMILES string of the molecule is CCCCC[C@H](C)NS(=O)(=O)Cc1ccccc1. The predicted molar refractivity (Wildman–Crippen MR) is 75.8 cm³/mol. The van der Waals surface area contributed by atoms with E-state index in [1.54, 1.807) is 0 Å². The Kier molecular flexibility index (Phi) is 6.36. The Hall–Kier alpha value is -0.870. The third-order valence-corrected chi connectivity index (χ3v) is 4.30. The van der Waals surface area contributed by atoms with Crippen LogP contribution in [0.4, 0.5) is 0 Å². The molecule has 0 saturated carbocycles. The van der Waals surface area contributed by atoms with Crippen LogP contribution in [0.2, 0.25) is 0 Å². The molecule has 0 unspecified atom stereocenters. The number of sulfonamides is 1. The number of benzene rings is 1. The second kappa shape index (κ2) is 7.54. The molecule has 0 amide bonds. The Labute approximate surface area is 111 Å². The molecule has 0 aromatic heterocycles. The molecule has 0 heterocycles. The van der Waals surface area contributed by atoms with Crippen molar-refractivity contribution >= 4 is 10.0 Å². The van der Waals surface area contributed by atoms with Crippen molar-refractivity contribution in [2.75, 3.05) is 0 Å². The normalized spacial score (nSPS) is 13.4. The van der Waals surface area contributed by atoms with E-state index in [0.717, 1.165) is 31.2 Å². The molecule has 3 nitrogen and oxygen atoms in total. The van der Waals surface area contributed by atoms with Gasteiger partial charge in [-0.05, 0) is 18.9 Å². The summed E-state index contributed by atoms with van der Waals surface area (Å²) in [7, 11) is -3.22. The first kappa shape index (κ1) is 15.2. The first-order valence-corrected chi connectivity index (χ1v) is 8.22. The van der Waals surface area contributed by atoms with E-state index in [2.05, 4.69) is 11.6 Å². The van der Waals surface area contributed by atoms with Gasteiger partial charge in [0.25, 0.3) is 0 Å². The second-order valence-electron chi connectivity index (χ2n) is 4.76. The first-order valence-electron chi connectivity index (χ1n) is 6.57. The first-order chi connectivity index (χ1) is 8.53. The van der Waals surface area contributed by atoms with Crippen LogP contribution in [0.3, 0.4) is 0 Å². The fraction of sp³-hybridized carbons (Fsp3) is 0.571. The van der Waals surface area contributed by atoms with Gasteiger partial charge in [-0.2, -0.15) is 0 Å². The molecule has 0 fully saturated rings. The van der Waals surface area contributed by atoms with E-state index >= 15 is 0 Å². The van der Waals surface area contributed by atoms with Gasteiger partial charge in [0.05, 0.1) is 5.75 Å². The third-order valence-electron chi connectivity index (χ3n) is 2.82. The van der Waals surface area contributed by atoms with E-state index in [0.29, 0.717) is 0 Å². The molecule has 1 N–H and O–H groups in total. The van der Waals surface area contributed by atoms with Gasteiger partial charge in [0.1, 0.15) is 0 Å². The van der Waals surface area contributed by atoms with Crippen molar-refractivity contribution in [3.8, 4) is 0 Å². The minimum atomic E-state index is -3.22. The molecule has 4 heteroatoms. The minimum Gasteiger partial charge on any atom is -0.212 e. The minimum absolute atomic E-state index is 0.0188. The topological polar surface area (TPSA) is 46.2 Å². The average molecular weight is 269 g/mol. The maximum Gasteiger partial charge on any atom is 0.216 e. The Morgan fingerprint density at radius 3 is 2.44 bits per heavy atom. The quantitative estimate of drug-likeness (QED) is 0.737. The molecule has 0 bridgehead atoms. The van der Waals surface area contributed by atoms with E-state index < -0.39 is 10.0 Å². The molecule has 1 aromatic carbocycles. The molecule has 18 heavy (non-hydrogen) atoms. The van der Waals surface area contributed by atoms with Crippen LogP contribution in [-0.2, 0) is 15.8 Å². The fourth-order valence-corrected chi connectivity index (χ4v) is 3.35. The number of nitrogens with one attached hydrogen (secondary N) is 1. The van der Waals surface area contributed by atoms with Gasteiger partial charge in [0.2, 0.25) is 10.0 Å². The van der Waals surface area contributed by atoms with Gasteiger partial charge >= 0.3 is 0 Å². The highest BCUT2D eigenvalue weighted by Crippen LogP contribution is 2.08. The van der Waals surface area contributed by atoms with Gasteiger partial charge in [-0.25, -0.2) is 13.1 Å². The van der Waals surface area contributed by atoms with Crippen LogP contribution in [0.15, 0.2) is 30.3 Å². The van der Waals surface area contributed by atoms with Crippen molar-refractivity contribution in [1.82, 2.24) is 4.72 Å². The van der Waals surface area contributed by atoms with E-state index in [9.17, 15) is 8.42 Å². The van der Waals surface area contributed by atoms with Crippen LogP contribution >= 0.6 is 0 Å². The van der Waals surface area contributed by atoms with Crippen molar-refractivity contribution < 1.29 is 8.42 Å². The van der Waals surface area contributed by atoms with Gasteiger partial charge < -0.3 is 0 Å². The lowest BCUT2D eigenvalue weighted by molar-refractivity contribution is 0.526. The van der Waals surface area contributed by atoms with Crippen LogP contribution in [-0.4, -0.2) is 14.5 Å². The summed E-state index contributed by atoms with van der Waals surface area (Å²) >= 11 is 0. The zero-order valence-corrected chi connectivity index (χ0v) is 12.0. The summed E-state index contributed by atoms with van der Waals surface area (Å²) in [5.41, 5.74) is 0.825. The average Bonchev–Trinajstić information content (AvgIpc) is 2.29. The second-order valence-corrected chi connectivity index (χ2v) is 6.51. The van der Waals surface area contributed by atoms with E-state index in [-0.39, 0.29) is 11.8 Å². The lowest BCUT2D eigenvalue weighted by atomic mass is 10.1. The van der Waals surface area contributed by atoms with E-state index in [4.69, 9.17) is 0 Å². The molecule has 0 radical (unpaired) electrons. The molecule has 1 aromatic rings. The van der Waals surface area contributed by atoms with E-state index in [1.165, 1.54) is 0 Å². The lowest BCUT2D eigenvalue weighted by Crippen LogP contribution is -2.33. The summed E-state index contributed by atoms with van der Waals surface area (Å²) in [6.45, 7) is 4.07. The van der Waals surface area contributed by atoms with Gasteiger partial charge in [-0.1, -0.05) is 56.5 Å². The van der Waals surface area contributed by atoms with Crippen molar-refractivity contribution in [2.24, 2.45) is 0 Å². The van der Waals surface area contributed by atoms with Crippen molar-refractivity contribution in [3.63, 3.8) is 0 Å². The molecule has 0 aliphatic rings. The van der Waals surface area contributed by atoms with Crippen LogP contribution in [0.1, 0.15) is 45.1 Å². The Bertz CT molecular complexity index is 428. The molecule has 0 aliphatic heterocycles. The van der Waals surface area contributed by atoms with Gasteiger partial charge in [0, 0.05) is 6.04 Å². The number of rotatable bonds is 8. The van der Waals surface area contributed by atoms with Gasteiger partial charge in [-0.15, -0.1) is 0 Å². The smallest absolute Gasteiger partial charge is 0.212 e. The Balaban J connectivity index is 2.44. The van der Waals surface area contributed by atoms with E-state index in [1.807, 2.05) is 37.3 Å². The Morgan fingerprint density at radius 1 is 1.17 bits per heavy atom. The zero-order chi connectivity index (χ0) is 13.4. The van der Waals surface area contributed by atoms with Crippen LogP contribution in [0.25, 0.3) is 0 Å². The number of hydrogen-bond acceptors (Lipinski definition) is 2. The third kappa shape index (κ3) is 6.17. The summed E-state index contributed by atoms with van der Waals surface area (Å²) in [5.74, 6) is 0.0615. The molecule has 1 atom stereocenters. The number of unbranched alkanes of at least 4 members (excludes halogenated alkanes) is 2. The van der Waals surface area contributed by atoms with Crippen molar-refractivity contribution in [2.45, 2.75) is 51.3 Å². The van der Waals surface area contributed by atoms with Crippen molar-refractivity contribution in [1.29, 1.82) is 0 Å². The van der Waals surface area contributed by atoms with Crippen molar-refractivity contribution in [3.05, 3.63) is 35.9 Å². The van der Waals surface area contributed by atoms with Crippen LogP contribution in [0.5, 0.6) is 0 Å². The summed E-state index contributed by atoms with van der Waals surface area (Å²) < 4.78 is 26.6. The number of hydrogen-bond donors (Lipinski definition) is 1. The monoisotopic (exact) mass is 269 g/mol. The zero-order valence-electron chi connectivity index (χ0n) is 11.2. The highest BCUT2D eigenvalue weighted by molar-refractivity contribution is 7.88. The Morgan fingerprint density at radius 2 is 1.83 bits per heavy atom. The molecule has 102 valence electrons. The lowest BCUT2D eigenvalue weighted by Gasteiger charge is -2.14. The summed E-state index contributed by atoms with van der Waals surface area (Å²) in [6, 6.07) is 9.29. The highest BCUT2D eigenvalue weighted by Gasteiger charge is 2.14. The molecular weight excluding hydrogens is 246 g/mol. The van der Waals surface area contributed by atoms with Crippen LogP contribution in [0, 0.1) is 0 Å². The summed E-state index contributed by atoms with van der Waals surface area (Å²) in [5, 5.41) is 0. The largest absolute Gasteiger partial charge is 0.216 e.